The van der Waals surface area contributed by atoms with Crippen molar-refractivity contribution in [1.82, 2.24) is 25.1 Å². The second-order valence-corrected chi connectivity index (χ2v) is 6.69. The second kappa shape index (κ2) is 4.62. The summed E-state index contributed by atoms with van der Waals surface area (Å²) in [5.41, 5.74) is 1.54. The van der Waals surface area contributed by atoms with Crippen molar-refractivity contribution in [2.75, 3.05) is 0 Å². The Bertz CT molecular complexity index is 832. The summed E-state index contributed by atoms with van der Waals surface area (Å²) in [5.74, 6) is 1.39. The molecule has 2 aromatic heterocycles. The molecule has 1 saturated carbocycles. The molecule has 2 atom stereocenters. The maximum atomic E-state index is 12.6. The Morgan fingerprint density at radius 1 is 1.48 bits per heavy atom. The van der Waals surface area contributed by atoms with Crippen LogP contribution in [0, 0.1) is 17.2 Å². The van der Waals surface area contributed by atoms with E-state index in [0.29, 0.717) is 23.3 Å². The molecule has 1 fully saturated rings. The number of amides is 1. The SMILES string of the molecule is CC(C)(C#N)NC(=O)c1nn(-c2cnccn2)c2c1C[C@H]1C[C@@H]21. The Morgan fingerprint density at radius 2 is 2.30 bits per heavy atom. The average Bonchev–Trinajstić information content (AvgIpc) is 3.04. The minimum absolute atomic E-state index is 0.309. The summed E-state index contributed by atoms with van der Waals surface area (Å²) in [6, 6.07) is 2.08. The third kappa shape index (κ3) is 2.18. The van der Waals surface area contributed by atoms with Crippen molar-refractivity contribution in [2.45, 2.75) is 38.1 Å². The van der Waals surface area contributed by atoms with Crippen molar-refractivity contribution in [2.24, 2.45) is 5.92 Å². The molecule has 0 unspecified atom stereocenters. The van der Waals surface area contributed by atoms with Crippen molar-refractivity contribution in [1.29, 1.82) is 5.26 Å². The average molecular weight is 308 g/mol. The molecule has 0 aromatic carbocycles. The van der Waals surface area contributed by atoms with Gasteiger partial charge in [0.15, 0.2) is 11.5 Å². The van der Waals surface area contributed by atoms with Gasteiger partial charge in [0.2, 0.25) is 0 Å². The lowest BCUT2D eigenvalue weighted by molar-refractivity contribution is 0.0922. The molecule has 1 amide bonds. The summed E-state index contributed by atoms with van der Waals surface area (Å²) in [6.45, 7) is 3.34. The van der Waals surface area contributed by atoms with Gasteiger partial charge in [0.25, 0.3) is 5.91 Å². The van der Waals surface area contributed by atoms with Crippen molar-refractivity contribution < 1.29 is 4.79 Å². The van der Waals surface area contributed by atoms with E-state index in [2.05, 4.69) is 26.5 Å². The van der Waals surface area contributed by atoms with Crippen molar-refractivity contribution in [3.63, 3.8) is 0 Å². The van der Waals surface area contributed by atoms with Crippen LogP contribution >= 0.6 is 0 Å². The topological polar surface area (TPSA) is 96.5 Å². The highest BCUT2D eigenvalue weighted by molar-refractivity contribution is 5.95. The van der Waals surface area contributed by atoms with Crippen molar-refractivity contribution >= 4 is 5.91 Å². The molecule has 116 valence electrons. The van der Waals surface area contributed by atoms with Gasteiger partial charge in [0.1, 0.15) is 5.54 Å². The number of hydrogen-bond acceptors (Lipinski definition) is 5. The molecule has 2 heterocycles. The van der Waals surface area contributed by atoms with E-state index in [1.54, 1.807) is 37.1 Å². The highest BCUT2D eigenvalue weighted by Crippen LogP contribution is 2.57. The lowest BCUT2D eigenvalue weighted by atomic mass is 10.1. The number of fused-ring (bicyclic) bond motifs is 3. The molecule has 23 heavy (non-hydrogen) atoms. The van der Waals surface area contributed by atoms with E-state index in [0.717, 1.165) is 24.1 Å². The third-order valence-electron chi connectivity index (χ3n) is 4.45. The molecule has 2 aliphatic rings. The number of nitriles is 1. The molecule has 7 nitrogen and oxygen atoms in total. The van der Waals surface area contributed by atoms with Crippen LogP contribution in [0.1, 0.15) is 47.9 Å². The minimum atomic E-state index is -0.929. The maximum Gasteiger partial charge on any atom is 0.273 e. The highest BCUT2D eigenvalue weighted by atomic mass is 16.2. The van der Waals surface area contributed by atoms with Crippen LogP contribution in [0.2, 0.25) is 0 Å². The minimum Gasteiger partial charge on any atom is -0.333 e. The summed E-state index contributed by atoms with van der Waals surface area (Å²) in [4.78, 5) is 21.0. The zero-order valence-corrected chi connectivity index (χ0v) is 12.9. The summed E-state index contributed by atoms with van der Waals surface area (Å²) in [7, 11) is 0. The number of nitrogens with zero attached hydrogens (tertiary/aromatic N) is 5. The summed E-state index contributed by atoms with van der Waals surface area (Å²) in [5, 5.41) is 16.3. The van der Waals surface area contributed by atoms with E-state index in [1.807, 2.05) is 0 Å². The fraction of sp³-hybridized carbons (Fsp3) is 0.438. The van der Waals surface area contributed by atoms with Gasteiger partial charge in [-0.1, -0.05) is 0 Å². The fourth-order valence-electron chi connectivity index (χ4n) is 3.24. The zero-order chi connectivity index (χ0) is 16.2. The first kappa shape index (κ1) is 13.9. The van der Waals surface area contributed by atoms with Gasteiger partial charge in [-0.05, 0) is 32.6 Å². The van der Waals surface area contributed by atoms with Crippen molar-refractivity contribution in [3.05, 3.63) is 35.5 Å². The van der Waals surface area contributed by atoms with Gasteiger partial charge in [-0.3, -0.25) is 9.78 Å². The van der Waals surface area contributed by atoms with E-state index in [9.17, 15) is 4.79 Å². The van der Waals surface area contributed by atoms with Crippen LogP contribution in [0.4, 0.5) is 0 Å². The monoisotopic (exact) mass is 308 g/mol. The third-order valence-corrected chi connectivity index (χ3v) is 4.45. The standard InChI is InChI=1S/C16H16N6O/c1-16(2,8-17)20-15(23)13-11-6-9-5-10(9)14(11)22(21-13)12-7-18-3-4-19-12/h3-4,7,9-10H,5-6H2,1-2H3,(H,20,23)/t9-,10-/m1/s1. The predicted molar refractivity (Wildman–Crippen MR) is 80.9 cm³/mol. The largest absolute Gasteiger partial charge is 0.333 e. The normalized spacial score (nSPS) is 21.3. The number of carbonyl (C=O) groups excluding carboxylic acids is 1. The van der Waals surface area contributed by atoms with Gasteiger partial charge >= 0.3 is 0 Å². The maximum absolute atomic E-state index is 12.6. The molecule has 2 aromatic rings. The summed E-state index contributed by atoms with van der Waals surface area (Å²) < 4.78 is 1.74. The molecule has 0 spiro atoms. The first-order valence-electron chi connectivity index (χ1n) is 7.62. The van der Waals surface area contributed by atoms with E-state index in [-0.39, 0.29) is 5.91 Å². The van der Waals surface area contributed by atoms with Crippen LogP contribution in [-0.2, 0) is 6.42 Å². The van der Waals surface area contributed by atoms with Crippen LogP contribution in [0.25, 0.3) is 5.82 Å². The number of carbonyl (C=O) groups is 1. The van der Waals surface area contributed by atoms with E-state index < -0.39 is 5.54 Å². The number of hydrogen-bond donors (Lipinski definition) is 1. The van der Waals surface area contributed by atoms with Gasteiger partial charge < -0.3 is 5.32 Å². The van der Waals surface area contributed by atoms with Crippen LogP contribution in [0.15, 0.2) is 18.6 Å². The second-order valence-electron chi connectivity index (χ2n) is 6.69. The molecular formula is C16H16N6O. The Kier molecular flexibility index (Phi) is 2.79. The van der Waals surface area contributed by atoms with Crippen LogP contribution in [-0.4, -0.2) is 31.2 Å². The van der Waals surface area contributed by atoms with Crippen LogP contribution < -0.4 is 5.32 Å². The molecular weight excluding hydrogens is 292 g/mol. The summed E-state index contributed by atoms with van der Waals surface area (Å²) >= 11 is 0. The van der Waals surface area contributed by atoms with E-state index in [4.69, 9.17) is 5.26 Å². The van der Waals surface area contributed by atoms with E-state index in [1.165, 1.54) is 0 Å². The highest BCUT2D eigenvalue weighted by Gasteiger charge is 2.50. The number of nitrogens with one attached hydrogen (secondary N) is 1. The van der Waals surface area contributed by atoms with Crippen molar-refractivity contribution in [3.8, 4) is 11.9 Å². The van der Waals surface area contributed by atoms with Gasteiger partial charge in [-0.2, -0.15) is 10.4 Å². The van der Waals surface area contributed by atoms with Gasteiger partial charge in [-0.25, -0.2) is 9.67 Å². The molecule has 7 heteroatoms. The Labute approximate surface area is 133 Å². The lowest BCUT2D eigenvalue weighted by Crippen LogP contribution is -2.42. The Morgan fingerprint density at radius 3 is 3.00 bits per heavy atom. The molecule has 4 rings (SSSR count). The first-order chi connectivity index (χ1) is 11.0. The first-order valence-corrected chi connectivity index (χ1v) is 7.62. The predicted octanol–water partition coefficient (Wildman–Crippen LogP) is 1.35. The van der Waals surface area contributed by atoms with Crippen LogP contribution in [0.3, 0.4) is 0 Å². The van der Waals surface area contributed by atoms with Gasteiger partial charge in [-0.15, -0.1) is 0 Å². The van der Waals surface area contributed by atoms with Gasteiger partial charge in [0, 0.05) is 23.9 Å². The quantitative estimate of drug-likeness (QED) is 0.923. The van der Waals surface area contributed by atoms with E-state index >= 15 is 0 Å². The van der Waals surface area contributed by atoms with Crippen LogP contribution in [0.5, 0.6) is 0 Å². The Balaban J connectivity index is 1.77. The number of aromatic nitrogens is 4. The molecule has 1 N–H and O–H groups in total. The molecule has 0 radical (unpaired) electrons. The Hall–Kier alpha value is -2.75. The lowest BCUT2D eigenvalue weighted by Gasteiger charge is -2.16. The zero-order valence-electron chi connectivity index (χ0n) is 12.9. The number of rotatable bonds is 3. The molecule has 0 saturated heterocycles. The van der Waals surface area contributed by atoms with Gasteiger partial charge in [0.05, 0.1) is 18.0 Å². The fourth-order valence-corrected chi connectivity index (χ4v) is 3.24. The molecule has 0 bridgehead atoms. The smallest absolute Gasteiger partial charge is 0.273 e. The molecule has 0 aliphatic heterocycles. The molecule has 2 aliphatic carbocycles. The summed E-state index contributed by atoms with van der Waals surface area (Å²) in [6.07, 6.45) is 6.88.